The summed E-state index contributed by atoms with van der Waals surface area (Å²) >= 11 is 0. The average molecular weight is 242 g/mol. The second-order valence-corrected chi connectivity index (χ2v) is 4.77. The van der Waals surface area contributed by atoms with Gasteiger partial charge >= 0.3 is 6.03 Å². The molecule has 0 spiro atoms. The molecule has 6 nitrogen and oxygen atoms in total. The quantitative estimate of drug-likeness (QED) is 0.621. The Labute approximate surface area is 102 Å². The number of piperazine rings is 1. The van der Waals surface area contributed by atoms with E-state index >= 15 is 0 Å². The molecule has 3 amide bonds. The van der Waals surface area contributed by atoms with Crippen LogP contribution in [0.3, 0.4) is 0 Å². The fraction of sp³-hybridized carbons (Fsp3) is 0.818. The molecule has 0 aromatic heterocycles. The number of rotatable bonds is 4. The third-order valence-electron chi connectivity index (χ3n) is 2.75. The van der Waals surface area contributed by atoms with Crippen molar-refractivity contribution in [2.75, 3.05) is 26.2 Å². The summed E-state index contributed by atoms with van der Waals surface area (Å²) in [6.07, 6.45) is 0.577. The molecule has 0 bridgehead atoms. The van der Waals surface area contributed by atoms with Crippen molar-refractivity contribution in [1.29, 1.82) is 0 Å². The Kier molecular flexibility index (Phi) is 5.21. The fourth-order valence-electron chi connectivity index (χ4n) is 1.83. The molecule has 98 valence electrons. The molecule has 1 saturated heterocycles. The maximum absolute atomic E-state index is 11.9. The van der Waals surface area contributed by atoms with Crippen molar-refractivity contribution >= 4 is 11.9 Å². The number of hydrogen-bond acceptors (Lipinski definition) is 3. The van der Waals surface area contributed by atoms with Crippen molar-refractivity contribution in [2.24, 2.45) is 11.7 Å². The molecule has 0 radical (unpaired) electrons. The normalized spacial score (nSPS) is 17.9. The lowest BCUT2D eigenvalue weighted by Crippen LogP contribution is -2.54. The minimum absolute atomic E-state index is 0.198. The Hall–Kier alpha value is -1.30. The van der Waals surface area contributed by atoms with Gasteiger partial charge in [-0.3, -0.25) is 4.79 Å². The number of carbonyl (C=O) groups excluding carboxylic acids is 2. The number of nitrogens with one attached hydrogen (secondary N) is 2. The molecular formula is C11H22N4O2. The van der Waals surface area contributed by atoms with Crippen LogP contribution in [0.1, 0.15) is 20.3 Å². The summed E-state index contributed by atoms with van der Waals surface area (Å²) in [6.45, 7) is 6.90. The fourth-order valence-corrected chi connectivity index (χ4v) is 1.83. The summed E-state index contributed by atoms with van der Waals surface area (Å²) in [4.78, 5) is 24.8. The van der Waals surface area contributed by atoms with Crippen molar-refractivity contribution in [3.8, 4) is 0 Å². The third-order valence-corrected chi connectivity index (χ3v) is 2.75. The summed E-state index contributed by atoms with van der Waals surface area (Å²) in [7, 11) is 0. The third kappa shape index (κ3) is 4.60. The molecule has 1 atom stereocenters. The van der Waals surface area contributed by atoms with Crippen molar-refractivity contribution in [3.05, 3.63) is 0 Å². The maximum atomic E-state index is 11.9. The highest BCUT2D eigenvalue weighted by Crippen LogP contribution is 2.05. The van der Waals surface area contributed by atoms with Gasteiger partial charge in [-0.1, -0.05) is 13.8 Å². The second-order valence-electron chi connectivity index (χ2n) is 4.77. The lowest BCUT2D eigenvalue weighted by Gasteiger charge is -2.29. The van der Waals surface area contributed by atoms with Gasteiger partial charge in [0.05, 0.1) is 0 Å². The molecule has 17 heavy (non-hydrogen) atoms. The highest BCUT2D eigenvalue weighted by atomic mass is 16.2. The van der Waals surface area contributed by atoms with E-state index in [0.717, 1.165) is 13.1 Å². The van der Waals surface area contributed by atoms with E-state index in [2.05, 4.69) is 10.6 Å². The van der Waals surface area contributed by atoms with Gasteiger partial charge in [0, 0.05) is 26.2 Å². The van der Waals surface area contributed by atoms with Gasteiger partial charge in [-0.2, -0.15) is 0 Å². The van der Waals surface area contributed by atoms with Crippen LogP contribution in [0.4, 0.5) is 4.79 Å². The van der Waals surface area contributed by atoms with Gasteiger partial charge < -0.3 is 21.3 Å². The van der Waals surface area contributed by atoms with E-state index in [-0.39, 0.29) is 6.03 Å². The van der Waals surface area contributed by atoms with Crippen LogP contribution >= 0.6 is 0 Å². The van der Waals surface area contributed by atoms with E-state index in [1.807, 2.05) is 13.8 Å². The molecule has 0 unspecified atom stereocenters. The predicted octanol–water partition coefficient (Wildman–Crippen LogP) is -0.499. The molecule has 0 saturated carbocycles. The lowest BCUT2D eigenvalue weighted by atomic mass is 10.0. The Balaban J connectivity index is 2.47. The number of urea groups is 1. The van der Waals surface area contributed by atoms with Crippen LogP contribution in [-0.2, 0) is 4.79 Å². The molecule has 0 aliphatic carbocycles. The molecular weight excluding hydrogens is 220 g/mol. The number of nitrogens with two attached hydrogens (primary N) is 1. The van der Waals surface area contributed by atoms with Gasteiger partial charge in [0.1, 0.15) is 6.04 Å². The Morgan fingerprint density at radius 1 is 1.35 bits per heavy atom. The van der Waals surface area contributed by atoms with E-state index in [0.29, 0.717) is 25.4 Å². The SMILES string of the molecule is CC(C)C[C@H](NC(=O)N1CCNCC1)C(N)=O. The summed E-state index contributed by atoms with van der Waals surface area (Å²) in [5, 5.41) is 5.87. The van der Waals surface area contributed by atoms with Gasteiger partial charge in [0.15, 0.2) is 0 Å². The summed E-state index contributed by atoms with van der Waals surface area (Å²) in [5.74, 6) is -0.155. The Morgan fingerprint density at radius 2 is 1.94 bits per heavy atom. The number of primary amides is 1. The molecule has 4 N–H and O–H groups in total. The number of amides is 3. The zero-order chi connectivity index (χ0) is 12.8. The van der Waals surface area contributed by atoms with E-state index in [1.54, 1.807) is 4.90 Å². The van der Waals surface area contributed by atoms with Gasteiger partial charge in [-0.15, -0.1) is 0 Å². The van der Waals surface area contributed by atoms with Crippen molar-refractivity contribution in [3.63, 3.8) is 0 Å². The second kappa shape index (κ2) is 6.44. The first kappa shape index (κ1) is 13.8. The average Bonchev–Trinajstić information content (AvgIpc) is 2.28. The summed E-state index contributed by atoms with van der Waals surface area (Å²) in [5.41, 5.74) is 5.28. The molecule has 6 heteroatoms. The molecule has 1 heterocycles. The van der Waals surface area contributed by atoms with E-state index < -0.39 is 11.9 Å². The first-order valence-electron chi connectivity index (χ1n) is 6.06. The molecule has 0 aromatic rings. The minimum atomic E-state index is -0.572. The summed E-state index contributed by atoms with van der Waals surface area (Å²) < 4.78 is 0. The zero-order valence-corrected chi connectivity index (χ0v) is 10.5. The molecule has 1 fully saturated rings. The standard InChI is InChI=1S/C11H22N4O2/c1-8(2)7-9(10(12)16)14-11(17)15-5-3-13-4-6-15/h8-9,13H,3-7H2,1-2H3,(H2,12,16)(H,14,17)/t9-/m0/s1. The van der Waals surface area contributed by atoms with E-state index in [9.17, 15) is 9.59 Å². The van der Waals surface area contributed by atoms with Gasteiger partial charge in [0.25, 0.3) is 0 Å². The van der Waals surface area contributed by atoms with Crippen LogP contribution in [0, 0.1) is 5.92 Å². The van der Waals surface area contributed by atoms with Crippen molar-refractivity contribution in [2.45, 2.75) is 26.3 Å². The van der Waals surface area contributed by atoms with Gasteiger partial charge in [0.2, 0.25) is 5.91 Å². The van der Waals surface area contributed by atoms with Crippen LogP contribution in [0.2, 0.25) is 0 Å². The van der Waals surface area contributed by atoms with Crippen LogP contribution < -0.4 is 16.4 Å². The number of carbonyl (C=O) groups is 2. The summed E-state index contributed by atoms with van der Waals surface area (Å²) in [6, 6.07) is -0.770. The van der Waals surface area contributed by atoms with Crippen molar-refractivity contribution < 1.29 is 9.59 Å². The minimum Gasteiger partial charge on any atom is -0.368 e. The lowest BCUT2D eigenvalue weighted by molar-refractivity contribution is -0.120. The Morgan fingerprint density at radius 3 is 2.41 bits per heavy atom. The molecule has 1 aliphatic heterocycles. The van der Waals surface area contributed by atoms with Crippen LogP contribution in [-0.4, -0.2) is 49.1 Å². The van der Waals surface area contributed by atoms with Crippen LogP contribution in [0.25, 0.3) is 0 Å². The maximum Gasteiger partial charge on any atom is 0.318 e. The first-order valence-corrected chi connectivity index (χ1v) is 6.06. The molecule has 1 aliphatic rings. The first-order chi connectivity index (χ1) is 8.00. The Bertz CT molecular complexity index is 275. The largest absolute Gasteiger partial charge is 0.368 e. The number of hydrogen-bond donors (Lipinski definition) is 3. The van der Waals surface area contributed by atoms with Gasteiger partial charge in [-0.25, -0.2) is 4.79 Å². The topological polar surface area (TPSA) is 87.5 Å². The van der Waals surface area contributed by atoms with Gasteiger partial charge in [-0.05, 0) is 12.3 Å². The molecule has 1 rings (SSSR count). The monoisotopic (exact) mass is 242 g/mol. The van der Waals surface area contributed by atoms with Crippen molar-refractivity contribution in [1.82, 2.24) is 15.5 Å². The smallest absolute Gasteiger partial charge is 0.318 e. The van der Waals surface area contributed by atoms with E-state index in [4.69, 9.17) is 5.73 Å². The highest BCUT2D eigenvalue weighted by Gasteiger charge is 2.23. The molecule has 0 aromatic carbocycles. The van der Waals surface area contributed by atoms with Crippen LogP contribution in [0.15, 0.2) is 0 Å². The highest BCUT2D eigenvalue weighted by molar-refractivity contribution is 5.85. The zero-order valence-electron chi connectivity index (χ0n) is 10.5. The number of nitrogens with zero attached hydrogens (tertiary/aromatic N) is 1. The van der Waals surface area contributed by atoms with E-state index in [1.165, 1.54) is 0 Å². The van der Waals surface area contributed by atoms with Crippen LogP contribution in [0.5, 0.6) is 0 Å². The predicted molar refractivity (Wildman–Crippen MR) is 65.4 cm³/mol.